The number of para-hydroxylation sites is 1. The Morgan fingerprint density at radius 1 is 1.27 bits per heavy atom. The monoisotopic (exact) mass is 389 g/mol. The normalized spacial score (nSPS) is 10.5. The molecule has 6 nitrogen and oxygen atoms in total. The number of thiazole rings is 1. The van der Waals surface area contributed by atoms with Crippen molar-refractivity contribution >= 4 is 40.4 Å². The topological polar surface area (TPSA) is 75.4 Å². The number of hydrogen-bond acceptors (Lipinski definition) is 5. The van der Waals surface area contributed by atoms with Gasteiger partial charge in [-0.1, -0.05) is 23.7 Å². The van der Waals surface area contributed by atoms with Crippen LogP contribution in [0.2, 0.25) is 5.02 Å². The maximum Gasteiger partial charge on any atom is 0.244 e. The van der Waals surface area contributed by atoms with Crippen molar-refractivity contribution in [3.63, 3.8) is 0 Å². The highest BCUT2D eigenvalue weighted by Gasteiger charge is 2.16. The lowest BCUT2D eigenvalue weighted by Crippen LogP contribution is -2.35. The molecule has 3 aromatic rings. The second-order valence-electron chi connectivity index (χ2n) is 5.58. The molecule has 8 heteroatoms. The van der Waals surface area contributed by atoms with E-state index >= 15 is 0 Å². The van der Waals surface area contributed by atoms with E-state index in [2.05, 4.69) is 10.3 Å². The largest absolute Gasteiger partial charge is 0.462 e. The van der Waals surface area contributed by atoms with Crippen molar-refractivity contribution in [2.45, 2.75) is 6.42 Å². The summed E-state index contributed by atoms with van der Waals surface area (Å²) in [6.07, 6.45) is 1.69. The van der Waals surface area contributed by atoms with Crippen molar-refractivity contribution < 1.29 is 14.0 Å². The zero-order valence-electron chi connectivity index (χ0n) is 13.9. The number of rotatable bonds is 6. The number of benzene rings is 1. The zero-order chi connectivity index (χ0) is 18.5. The number of nitrogens with zero attached hydrogens (tertiary/aromatic N) is 2. The first kappa shape index (κ1) is 18.2. The highest BCUT2D eigenvalue weighted by molar-refractivity contribution is 7.13. The Bertz CT molecular complexity index is 908. The molecule has 0 atom stereocenters. The molecular weight excluding hydrogens is 374 g/mol. The number of halogens is 1. The number of likely N-dealkylation sites (N-methyl/N-ethyl adjacent to an activating group) is 1. The van der Waals surface area contributed by atoms with Gasteiger partial charge in [0.05, 0.1) is 35.6 Å². The van der Waals surface area contributed by atoms with Crippen LogP contribution in [0.15, 0.2) is 52.5 Å². The van der Waals surface area contributed by atoms with Crippen LogP contribution < -0.4 is 5.32 Å². The van der Waals surface area contributed by atoms with Gasteiger partial charge in [-0.15, -0.1) is 11.3 Å². The van der Waals surface area contributed by atoms with Crippen LogP contribution >= 0.6 is 22.9 Å². The molecule has 0 radical (unpaired) electrons. The van der Waals surface area contributed by atoms with Gasteiger partial charge in [-0.25, -0.2) is 4.98 Å². The van der Waals surface area contributed by atoms with E-state index in [1.165, 1.54) is 16.2 Å². The van der Waals surface area contributed by atoms with E-state index in [0.717, 1.165) is 5.01 Å². The predicted molar refractivity (Wildman–Crippen MR) is 101 cm³/mol. The van der Waals surface area contributed by atoms with Gasteiger partial charge in [0.2, 0.25) is 11.8 Å². The van der Waals surface area contributed by atoms with E-state index in [1.807, 2.05) is 11.4 Å². The Kier molecular flexibility index (Phi) is 5.70. The fourth-order valence-electron chi connectivity index (χ4n) is 2.25. The first-order valence-corrected chi connectivity index (χ1v) is 9.05. The van der Waals surface area contributed by atoms with Gasteiger partial charge in [0, 0.05) is 12.4 Å². The summed E-state index contributed by atoms with van der Waals surface area (Å²) >= 11 is 7.42. The summed E-state index contributed by atoms with van der Waals surface area (Å²) in [4.78, 5) is 30.2. The average Bonchev–Trinajstić information content (AvgIpc) is 3.28. The Balaban J connectivity index is 1.54. The van der Waals surface area contributed by atoms with Crippen molar-refractivity contribution in [1.82, 2.24) is 9.88 Å². The van der Waals surface area contributed by atoms with Gasteiger partial charge in [-0.2, -0.15) is 0 Å². The Morgan fingerprint density at radius 2 is 2.08 bits per heavy atom. The maximum atomic E-state index is 12.3. The minimum atomic E-state index is -0.316. The lowest BCUT2D eigenvalue weighted by atomic mass is 10.3. The van der Waals surface area contributed by atoms with E-state index in [0.29, 0.717) is 22.2 Å². The number of hydrogen-bond donors (Lipinski definition) is 1. The Morgan fingerprint density at radius 3 is 2.81 bits per heavy atom. The standard InChI is InChI=1S/C18H16ClN3O3S/c1-22(10-16(23)21-14-6-3-2-5-13(14)19)17(24)9-12-11-26-18(20-12)15-7-4-8-25-15/h2-8,11H,9-10H2,1H3,(H,21,23). The van der Waals surface area contributed by atoms with Crippen molar-refractivity contribution in [3.8, 4) is 10.8 Å². The lowest BCUT2D eigenvalue weighted by molar-refractivity contribution is -0.132. The molecule has 0 unspecified atom stereocenters. The summed E-state index contributed by atoms with van der Waals surface area (Å²) in [5.41, 5.74) is 1.16. The van der Waals surface area contributed by atoms with Crippen LogP contribution in [0, 0.1) is 0 Å². The zero-order valence-corrected chi connectivity index (χ0v) is 15.5. The van der Waals surface area contributed by atoms with E-state index < -0.39 is 0 Å². The first-order chi connectivity index (χ1) is 12.5. The number of nitrogens with one attached hydrogen (secondary N) is 1. The minimum absolute atomic E-state index is 0.0702. The molecule has 0 aliphatic heterocycles. The van der Waals surface area contributed by atoms with Crippen molar-refractivity contribution in [3.05, 3.63) is 58.8 Å². The molecule has 1 aromatic carbocycles. The van der Waals surface area contributed by atoms with Crippen LogP contribution in [0.5, 0.6) is 0 Å². The summed E-state index contributed by atoms with van der Waals surface area (Å²) in [7, 11) is 1.58. The van der Waals surface area contributed by atoms with Gasteiger partial charge in [-0.3, -0.25) is 9.59 Å². The van der Waals surface area contributed by atoms with Crippen LogP contribution in [0.3, 0.4) is 0 Å². The summed E-state index contributed by atoms with van der Waals surface area (Å²) in [6.45, 7) is -0.0702. The molecule has 0 aliphatic rings. The number of carbonyl (C=O) groups excluding carboxylic acids is 2. The third-order valence-electron chi connectivity index (χ3n) is 3.57. The number of aromatic nitrogens is 1. The van der Waals surface area contributed by atoms with Crippen LogP contribution in [-0.4, -0.2) is 35.3 Å². The molecule has 0 saturated heterocycles. The third-order valence-corrected chi connectivity index (χ3v) is 4.81. The van der Waals surface area contributed by atoms with Crippen molar-refractivity contribution in [2.24, 2.45) is 0 Å². The third kappa shape index (κ3) is 4.50. The summed E-state index contributed by atoms with van der Waals surface area (Å²) in [6, 6.07) is 10.5. The van der Waals surface area contributed by atoms with Crippen LogP contribution in [-0.2, 0) is 16.0 Å². The van der Waals surface area contributed by atoms with E-state index in [1.54, 1.807) is 43.6 Å². The molecule has 0 aliphatic carbocycles. The number of anilines is 1. The Labute approximate surface area is 159 Å². The molecule has 0 bridgehead atoms. The van der Waals surface area contributed by atoms with Crippen LogP contribution in [0.25, 0.3) is 10.8 Å². The van der Waals surface area contributed by atoms with E-state index in [9.17, 15) is 9.59 Å². The number of furan rings is 1. The van der Waals surface area contributed by atoms with Gasteiger partial charge in [0.1, 0.15) is 0 Å². The van der Waals surface area contributed by atoms with Gasteiger partial charge >= 0.3 is 0 Å². The molecule has 3 rings (SSSR count). The number of amides is 2. The highest BCUT2D eigenvalue weighted by atomic mass is 35.5. The first-order valence-electron chi connectivity index (χ1n) is 7.79. The SMILES string of the molecule is CN(CC(=O)Nc1ccccc1Cl)C(=O)Cc1csc(-c2ccco2)n1. The fourth-order valence-corrected chi connectivity index (χ4v) is 3.22. The lowest BCUT2D eigenvalue weighted by Gasteiger charge is -2.16. The maximum absolute atomic E-state index is 12.3. The smallest absolute Gasteiger partial charge is 0.244 e. The summed E-state index contributed by atoms with van der Waals surface area (Å²) < 4.78 is 5.29. The fraction of sp³-hybridized carbons (Fsp3) is 0.167. The molecule has 2 aromatic heterocycles. The Hall–Kier alpha value is -2.64. The molecule has 1 N–H and O–H groups in total. The van der Waals surface area contributed by atoms with E-state index in [4.69, 9.17) is 16.0 Å². The molecule has 0 fully saturated rings. The van der Waals surface area contributed by atoms with Crippen molar-refractivity contribution in [2.75, 3.05) is 18.9 Å². The predicted octanol–water partition coefficient (Wildman–Crippen LogP) is 3.70. The molecular formula is C18H16ClN3O3S. The number of carbonyl (C=O) groups is 2. The molecule has 26 heavy (non-hydrogen) atoms. The van der Waals surface area contributed by atoms with E-state index in [-0.39, 0.29) is 24.8 Å². The van der Waals surface area contributed by atoms with Crippen molar-refractivity contribution in [1.29, 1.82) is 0 Å². The summed E-state index contributed by atoms with van der Waals surface area (Å²) in [5.74, 6) is 0.153. The molecule has 2 heterocycles. The molecule has 0 spiro atoms. The average molecular weight is 390 g/mol. The van der Waals surface area contributed by atoms with Gasteiger partial charge in [0.15, 0.2) is 10.8 Å². The highest BCUT2D eigenvalue weighted by Crippen LogP contribution is 2.24. The summed E-state index contributed by atoms with van der Waals surface area (Å²) in [5, 5.41) is 5.67. The molecule has 0 saturated carbocycles. The molecule has 2 amide bonds. The minimum Gasteiger partial charge on any atom is -0.462 e. The van der Waals surface area contributed by atoms with Crippen LogP contribution in [0.4, 0.5) is 5.69 Å². The second kappa shape index (κ2) is 8.16. The van der Waals surface area contributed by atoms with Gasteiger partial charge < -0.3 is 14.6 Å². The van der Waals surface area contributed by atoms with Crippen LogP contribution in [0.1, 0.15) is 5.69 Å². The van der Waals surface area contributed by atoms with Gasteiger partial charge in [-0.05, 0) is 24.3 Å². The molecule has 134 valence electrons. The second-order valence-corrected chi connectivity index (χ2v) is 6.84. The quantitative estimate of drug-likeness (QED) is 0.697. The van der Waals surface area contributed by atoms with Gasteiger partial charge in [0.25, 0.3) is 0 Å².